The molecule has 2 aliphatic carbocycles. The van der Waals surface area contributed by atoms with Crippen molar-refractivity contribution in [3.63, 3.8) is 0 Å². The van der Waals surface area contributed by atoms with Gasteiger partial charge < -0.3 is 9.88 Å². The van der Waals surface area contributed by atoms with Crippen molar-refractivity contribution in [3.05, 3.63) is 23.0 Å². The summed E-state index contributed by atoms with van der Waals surface area (Å²) in [6.45, 7) is 4.76. The van der Waals surface area contributed by atoms with E-state index in [9.17, 15) is 4.79 Å². The van der Waals surface area contributed by atoms with E-state index >= 15 is 0 Å². The van der Waals surface area contributed by atoms with Gasteiger partial charge in [0.15, 0.2) is 5.78 Å². The molecule has 3 heteroatoms. The number of hydrogen-bond acceptors (Lipinski definition) is 2. The maximum absolute atomic E-state index is 12.4. The average molecular weight is 274 g/mol. The molecule has 0 aliphatic heterocycles. The second kappa shape index (κ2) is 5.72. The predicted molar refractivity (Wildman–Crippen MR) is 81.4 cm³/mol. The average Bonchev–Trinajstić information content (AvgIpc) is 3.23. The molecule has 1 aromatic heterocycles. The lowest BCUT2D eigenvalue weighted by Gasteiger charge is -2.26. The van der Waals surface area contributed by atoms with Crippen LogP contribution in [0.15, 0.2) is 6.07 Å². The first kappa shape index (κ1) is 13.9. The van der Waals surface area contributed by atoms with Crippen LogP contribution in [0.25, 0.3) is 0 Å². The minimum absolute atomic E-state index is 0.257. The van der Waals surface area contributed by atoms with Gasteiger partial charge in [-0.05, 0) is 45.6 Å². The highest BCUT2D eigenvalue weighted by molar-refractivity contribution is 5.99. The van der Waals surface area contributed by atoms with Crippen LogP contribution >= 0.6 is 0 Å². The fourth-order valence-corrected chi connectivity index (χ4v) is 3.58. The molecule has 2 saturated carbocycles. The van der Waals surface area contributed by atoms with Crippen LogP contribution in [0, 0.1) is 13.8 Å². The summed E-state index contributed by atoms with van der Waals surface area (Å²) in [6.07, 6.45) is 9.02. The first-order valence-corrected chi connectivity index (χ1v) is 8.12. The monoisotopic (exact) mass is 274 g/mol. The molecule has 0 amide bonds. The fourth-order valence-electron chi connectivity index (χ4n) is 3.58. The van der Waals surface area contributed by atoms with Crippen molar-refractivity contribution in [2.45, 2.75) is 70.9 Å². The molecule has 1 heterocycles. The standard InChI is InChI=1S/C17H26N2O/c1-12-10-16(17(20)11-18-14-8-9-14)13(2)19(12)15-6-4-3-5-7-15/h10,14-15,18H,3-9,11H2,1-2H3. The topological polar surface area (TPSA) is 34.0 Å². The SMILES string of the molecule is Cc1cc(C(=O)CNC2CC2)c(C)n1C1CCCCC1. The van der Waals surface area contributed by atoms with Gasteiger partial charge in [-0.25, -0.2) is 0 Å². The molecule has 0 aromatic carbocycles. The summed E-state index contributed by atoms with van der Waals surface area (Å²) in [6, 6.07) is 3.31. The van der Waals surface area contributed by atoms with E-state index in [1.165, 1.54) is 56.3 Å². The van der Waals surface area contributed by atoms with Gasteiger partial charge in [0.05, 0.1) is 6.54 Å². The number of aromatic nitrogens is 1. The molecule has 20 heavy (non-hydrogen) atoms. The minimum Gasteiger partial charge on any atom is -0.345 e. The van der Waals surface area contributed by atoms with Gasteiger partial charge in [0.1, 0.15) is 0 Å². The zero-order valence-corrected chi connectivity index (χ0v) is 12.7. The zero-order chi connectivity index (χ0) is 14.1. The Morgan fingerprint density at radius 2 is 1.90 bits per heavy atom. The molecule has 3 nitrogen and oxygen atoms in total. The van der Waals surface area contributed by atoms with E-state index < -0.39 is 0 Å². The largest absolute Gasteiger partial charge is 0.345 e. The molecular formula is C17H26N2O. The number of nitrogens with zero attached hydrogens (tertiary/aromatic N) is 1. The first-order valence-electron chi connectivity index (χ1n) is 8.12. The van der Waals surface area contributed by atoms with Crippen LogP contribution < -0.4 is 5.32 Å². The van der Waals surface area contributed by atoms with Crippen LogP contribution in [0.3, 0.4) is 0 Å². The van der Waals surface area contributed by atoms with Gasteiger partial charge >= 0.3 is 0 Å². The molecule has 0 radical (unpaired) electrons. The third kappa shape index (κ3) is 2.83. The molecule has 3 rings (SSSR count). The maximum atomic E-state index is 12.4. The van der Waals surface area contributed by atoms with E-state index in [0.717, 1.165) is 5.56 Å². The van der Waals surface area contributed by atoms with Crippen LogP contribution in [-0.4, -0.2) is 22.9 Å². The molecule has 2 fully saturated rings. The third-order valence-electron chi connectivity index (χ3n) is 4.85. The summed E-state index contributed by atoms with van der Waals surface area (Å²) in [5.41, 5.74) is 3.36. The molecule has 0 bridgehead atoms. The smallest absolute Gasteiger partial charge is 0.178 e. The number of carbonyl (C=O) groups is 1. The molecule has 110 valence electrons. The predicted octanol–water partition coefficient (Wildman–Crippen LogP) is 3.54. The Hall–Kier alpha value is -1.09. The number of nitrogens with one attached hydrogen (secondary N) is 1. The summed E-state index contributed by atoms with van der Waals surface area (Å²) in [4.78, 5) is 12.4. The van der Waals surface area contributed by atoms with Gasteiger partial charge in [-0.15, -0.1) is 0 Å². The molecule has 1 N–H and O–H groups in total. The van der Waals surface area contributed by atoms with Crippen LogP contribution in [0.1, 0.15) is 72.7 Å². The third-order valence-corrected chi connectivity index (χ3v) is 4.85. The fraction of sp³-hybridized carbons (Fsp3) is 0.706. The molecule has 2 aliphatic rings. The van der Waals surface area contributed by atoms with E-state index in [4.69, 9.17) is 0 Å². The van der Waals surface area contributed by atoms with Gasteiger partial charge in [0, 0.05) is 29.0 Å². The van der Waals surface area contributed by atoms with Crippen molar-refractivity contribution >= 4 is 5.78 Å². The highest BCUT2D eigenvalue weighted by Crippen LogP contribution is 2.32. The Bertz CT molecular complexity index is 493. The number of Topliss-reactive ketones (excluding diaryl/α,β-unsaturated/α-hetero) is 1. The molecule has 0 spiro atoms. The molecule has 0 atom stereocenters. The van der Waals surface area contributed by atoms with Crippen LogP contribution in [0.2, 0.25) is 0 Å². The molecular weight excluding hydrogens is 248 g/mol. The van der Waals surface area contributed by atoms with Crippen molar-refractivity contribution in [2.75, 3.05) is 6.54 Å². The Balaban J connectivity index is 1.75. The summed E-state index contributed by atoms with van der Waals surface area (Å²) in [5, 5.41) is 3.33. The number of ketones is 1. The van der Waals surface area contributed by atoms with Crippen molar-refractivity contribution in [2.24, 2.45) is 0 Å². The molecule has 0 unspecified atom stereocenters. The van der Waals surface area contributed by atoms with Gasteiger partial charge in [-0.3, -0.25) is 4.79 Å². The number of hydrogen-bond donors (Lipinski definition) is 1. The van der Waals surface area contributed by atoms with Gasteiger partial charge in [-0.2, -0.15) is 0 Å². The Morgan fingerprint density at radius 1 is 1.20 bits per heavy atom. The lowest BCUT2D eigenvalue weighted by atomic mass is 9.95. The molecule has 0 saturated heterocycles. The summed E-state index contributed by atoms with van der Waals surface area (Å²) < 4.78 is 2.42. The summed E-state index contributed by atoms with van der Waals surface area (Å²) in [5.74, 6) is 0.257. The lowest BCUT2D eigenvalue weighted by molar-refractivity contribution is 0.0989. The summed E-state index contributed by atoms with van der Waals surface area (Å²) >= 11 is 0. The quantitative estimate of drug-likeness (QED) is 0.833. The Labute approximate surface area is 121 Å². The molecule has 1 aromatic rings. The van der Waals surface area contributed by atoms with Gasteiger partial charge in [0.25, 0.3) is 0 Å². The summed E-state index contributed by atoms with van der Waals surface area (Å²) in [7, 11) is 0. The van der Waals surface area contributed by atoms with Crippen molar-refractivity contribution in [3.8, 4) is 0 Å². The van der Waals surface area contributed by atoms with Crippen LogP contribution in [0.5, 0.6) is 0 Å². The highest BCUT2D eigenvalue weighted by Gasteiger charge is 2.25. The Morgan fingerprint density at radius 3 is 2.55 bits per heavy atom. The minimum atomic E-state index is 0.257. The number of rotatable bonds is 5. The number of aryl methyl sites for hydroxylation is 1. The van der Waals surface area contributed by atoms with Crippen molar-refractivity contribution < 1.29 is 4.79 Å². The van der Waals surface area contributed by atoms with Crippen LogP contribution in [0.4, 0.5) is 0 Å². The number of carbonyl (C=O) groups excluding carboxylic acids is 1. The second-order valence-corrected chi connectivity index (χ2v) is 6.52. The zero-order valence-electron chi connectivity index (χ0n) is 12.7. The van der Waals surface area contributed by atoms with Crippen molar-refractivity contribution in [1.29, 1.82) is 0 Å². The maximum Gasteiger partial charge on any atom is 0.178 e. The Kier molecular flexibility index (Phi) is 3.97. The van der Waals surface area contributed by atoms with E-state index in [1.54, 1.807) is 0 Å². The van der Waals surface area contributed by atoms with E-state index in [2.05, 4.69) is 29.8 Å². The second-order valence-electron chi connectivity index (χ2n) is 6.52. The van der Waals surface area contributed by atoms with Crippen LogP contribution in [-0.2, 0) is 0 Å². The van der Waals surface area contributed by atoms with Crippen molar-refractivity contribution in [1.82, 2.24) is 9.88 Å². The van der Waals surface area contributed by atoms with Gasteiger partial charge in [0.2, 0.25) is 0 Å². The lowest BCUT2D eigenvalue weighted by Crippen LogP contribution is -2.25. The normalized spacial score (nSPS) is 20.3. The highest BCUT2D eigenvalue weighted by atomic mass is 16.1. The van der Waals surface area contributed by atoms with E-state index in [-0.39, 0.29) is 5.78 Å². The van der Waals surface area contributed by atoms with E-state index in [0.29, 0.717) is 18.6 Å². The van der Waals surface area contributed by atoms with Gasteiger partial charge in [-0.1, -0.05) is 19.3 Å². The first-order chi connectivity index (χ1) is 9.66. The van der Waals surface area contributed by atoms with E-state index in [1.807, 2.05) is 0 Å².